The summed E-state index contributed by atoms with van der Waals surface area (Å²) in [5.74, 6) is 0.473. The summed E-state index contributed by atoms with van der Waals surface area (Å²) in [6.07, 6.45) is 8.23. The second-order valence-corrected chi connectivity index (χ2v) is 9.87. The minimum Gasteiger partial charge on any atom is -0.343 e. The summed E-state index contributed by atoms with van der Waals surface area (Å²) in [5, 5.41) is 3.03. The fraction of sp³-hybridized carbons (Fsp3) is 0.219. The molecule has 198 valence electrons. The number of nitrogens with zero attached hydrogens (tertiary/aromatic N) is 4. The molecule has 0 aliphatic rings. The standard InChI is InChI=1S/C32H32FN5O/c1-22(2)30-29(32(39)36-27-12-10-26(33)11-13-27)28(24-8-5-4-6-9-24)31(25-14-16-34-17-15-25)38(30)20-7-19-37-21-18-35-23(37)3/h4-6,8-18,21-22H,7,19-20H2,1-3H3,(H,36,39). The molecule has 3 aromatic heterocycles. The van der Waals surface area contributed by atoms with Gasteiger partial charge in [0.2, 0.25) is 0 Å². The van der Waals surface area contributed by atoms with Crippen LogP contribution in [0.15, 0.2) is 91.5 Å². The van der Waals surface area contributed by atoms with E-state index in [4.69, 9.17) is 0 Å². The van der Waals surface area contributed by atoms with Crippen molar-refractivity contribution in [2.75, 3.05) is 5.32 Å². The Bertz CT molecular complexity index is 1550. The van der Waals surface area contributed by atoms with Gasteiger partial charge in [-0.05, 0) is 61.2 Å². The van der Waals surface area contributed by atoms with Gasteiger partial charge < -0.3 is 14.5 Å². The first-order valence-electron chi connectivity index (χ1n) is 13.2. The van der Waals surface area contributed by atoms with Gasteiger partial charge in [0.1, 0.15) is 11.6 Å². The Labute approximate surface area is 228 Å². The molecule has 1 N–H and O–H groups in total. The van der Waals surface area contributed by atoms with Crippen LogP contribution in [0.25, 0.3) is 22.4 Å². The van der Waals surface area contributed by atoms with Gasteiger partial charge in [-0.15, -0.1) is 0 Å². The van der Waals surface area contributed by atoms with Crippen molar-refractivity contribution in [2.45, 2.75) is 46.2 Å². The number of carbonyl (C=O) groups is 1. The Kier molecular flexibility index (Phi) is 7.68. The molecule has 0 spiro atoms. The van der Waals surface area contributed by atoms with Crippen molar-refractivity contribution in [1.82, 2.24) is 19.1 Å². The van der Waals surface area contributed by atoms with Gasteiger partial charge in [0.05, 0.1) is 11.3 Å². The number of halogens is 1. The zero-order valence-corrected chi connectivity index (χ0v) is 22.4. The van der Waals surface area contributed by atoms with Crippen molar-refractivity contribution >= 4 is 11.6 Å². The van der Waals surface area contributed by atoms with Gasteiger partial charge in [0.15, 0.2) is 0 Å². The molecule has 0 fully saturated rings. The van der Waals surface area contributed by atoms with E-state index in [2.05, 4.69) is 38.3 Å². The highest BCUT2D eigenvalue weighted by atomic mass is 19.1. The predicted octanol–water partition coefficient (Wildman–Crippen LogP) is 7.33. The maximum absolute atomic E-state index is 14.1. The third-order valence-corrected chi connectivity index (χ3v) is 6.90. The lowest BCUT2D eigenvalue weighted by atomic mass is 9.94. The number of imidazole rings is 1. The molecular formula is C32H32FN5O. The van der Waals surface area contributed by atoms with E-state index in [9.17, 15) is 9.18 Å². The molecule has 39 heavy (non-hydrogen) atoms. The molecule has 2 aromatic carbocycles. The monoisotopic (exact) mass is 521 g/mol. The van der Waals surface area contributed by atoms with Crippen LogP contribution >= 0.6 is 0 Å². The van der Waals surface area contributed by atoms with E-state index in [-0.39, 0.29) is 17.6 Å². The number of benzene rings is 2. The zero-order chi connectivity index (χ0) is 27.4. The van der Waals surface area contributed by atoms with E-state index >= 15 is 0 Å². The van der Waals surface area contributed by atoms with Crippen LogP contribution in [0.3, 0.4) is 0 Å². The van der Waals surface area contributed by atoms with Gasteiger partial charge in [-0.3, -0.25) is 9.78 Å². The number of amides is 1. The van der Waals surface area contributed by atoms with E-state index in [1.807, 2.05) is 61.8 Å². The Balaban J connectivity index is 1.69. The lowest BCUT2D eigenvalue weighted by Gasteiger charge is -2.17. The quantitative estimate of drug-likeness (QED) is 0.221. The zero-order valence-electron chi connectivity index (χ0n) is 22.4. The highest BCUT2D eigenvalue weighted by Crippen LogP contribution is 2.42. The minimum absolute atomic E-state index is 0.0620. The minimum atomic E-state index is -0.347. The van der Waals surface area contributed by atoms with Crippen LogP contribution in [0, 0.1) is 12.7 Å². The van der Waals surface area contributed by atoms with Gasteiger partial charge in [0, 0.05) is 60.4 Å². The van der Waals surface area contributed by atoms with Crippen LogP contribution in [0.4, 0.5) is 10.1 Å². The van der Waals surface area contributed by atoms with Crippen LogP contribution in [0.5, 0.6) is 0 Å². The molecule has 5 rings (SSSR count). The predicted molar refractivity (Wildman–Crippen MR) is 153 cm³/mol. The van der Waals surface area contributed by atoms with Crippen LogP contribution < -0.4 is 5.32 Å². The second-order valence-electron chi connectivity index (χ2n) is 9.87. The molecular weight excluding hydrogens is 489 g/mol. The molecule has 5 aromatic rings. The van der Waals surface area contributed by atoms with Crippen LogP contribution in [-0.4, -0.2) is 25.0 Å². The number of aryl methyl sites for hydroxylation is 2. The Morgan fingerprint density at radius 3 is 2.28 bits per heavy atom. The van der Waals surface area contributed by atoms with Crippen molar-refractivity contribution in [3.8, 4) is 22.4 Å². The van der Waals surface area contributed by atoms with Gasteiger partial charge in [-0.1, -0.05) is 44.2 Å². The van der Waals surface area contributed by atoms with Crippen molar-refractivity contribution in [3.05, 3.63) is 114 Å². The summed E-state index contributed by atoms with van der Waals surface area (Å²) in [5.41, 5.74) is 5.95. The molecule has 0 atom stereocenters. The van der Waals surface area contributed by atoms with Crippen molar-refractivity contribution in [1.29, 1.82) is 0 Å². The number of nitrogens with one attached hydrogen (secondary N) is 1. The summed E-state index contributed by atoms with van der Waals surface area (Å²) in [6.45, 7) is 7.77. The number of aromatic nitrogens is 4. The van der Waals surface area contributed by atoms with Crippen molar-refractivity contribution in [3.63, 3.8) is 0 Å². The summed E-state index contributed by atoms with van der Waals surface area (Å²) in [4.78, 5) is 22.7. The van der Waals surface area contributed by atoms with Crippen molar-refractivity contribution < 1.29 is 9.18 Å². The van der Waals surface area contributed by atoms with Gasteiger partial charge in [-0.25, -0.2) is 9.37 Å². The molecule has 3 heterocycles. The first kappa shape index (κ1) is 26.1. The van der Waals surface area contributed by atoms with Crippen LogP contribution in [0.2, 0.25) is 0 Å². The molecule has 0 saturated heterocycles. The largest absolute Gasteiger partial charge is 0.343 e. The van der Waals surface area contributed by atoms with E-state index in [0.29, 0.717) is 17.8 Å². The molecule has 6 nitrogen and oxygen atoms in total. The van der Waals surface area contributed by atoms with E-state index < -0.39 is 0 Å². The number of hydrogen-bond donors (Lipinski definition) is 1. The van der Waals surface area contributed by atoms with Crippen LogP contribution in [-0.2, 0) is 13.1 Å². The molecule has 0 aliphatic carbocycles. The Hall–Kier alpha value is -4.52. The van der Waals surface area contributed by atoms with Gasteiger partial charge in [-0.2, -0.15) is 0 Å². The van der Waals surface area contributed by atoms with E-state index in [1.165, 1.54) is 12.1 Å². The first-order valence-corrected chi connectivity index (χ1v) is 13.2. The van der Waals surface area contributed by atoms with E-state index in [0.717, 1.165) is 46.9 Å². The number of hydrogen-bond acceptors (Lipinski definition) is 3. The average molecular weight is 522 g/mol. The SMILES string of the molecule is Cc1nccn1CCCn1c(-c2ccncc2)c(-c2ccccc2)c(C(=O)Nc2ccc(F)cc2)c1C(C)C. The van der Waals surface area contributed by atoms with E-state index in [1.54, 1.807) is 24.5 Å². The summed E-state index contributed by atoms with van der Waals surface area (Å²) < 4.78 is 18.0. The molecule has 7 heteroatoms. The maximum atomic E-state index is 14.1. The van der Waals surface area contributed by atoms with Gasteiger partial charge >= 0.3 is 0 Å². The fourth-order valence-electron chi connectivity index (χ4n) is 5.16. The van der Waals surface area contributed by atoms with Crippen LogP contribution in [0.1, 0.15) is 48.1 Å². The number of rotatable bonds is 9. The second kappa shape index (κ2) is 11.5. The molecule has 1 amide bonds. The number of anilines is 1. The molecule has 0 radical (unpaired) electrons. The lowest BCUT2D eigenvalue weighted by molar-refractivity contribution is 0.102. The highest BCUT2D eigenvalue weighted by Gasteiger charge is 2.30. The average Bonchev–Trinajstić information content (AvgIpc) is 3.52. The Morgan fingerprint density at radius 1 is 0.923 bits per heavy atom. The summed E-state index contributed by atoms with van der Waals surface area (Å²) in [7, 11) is 0. The normalized spacial score (nSPS) is 11.2. The topological polar surface area (TPSA) is 64.7 Å². The molecule has 0 bridgehead atoms. The fourth-order valence-corrected chi connectivity index (χ4v) is 5.16. The third-order valence-electron chi connectivity index (χ3n) is 6.90. The molecule has 0 aliphatic heterocycles. The smallest absolute Gasteiger partial charge is 0.258 e. The summed E-state index contributed by atoms with van der Waals surface area (Å²) >= 11 is 0. The Morgan fingerprint density at radius 2 is 1.64 bits per heavy atom. The molecule has 0 unspecified atom stereocenters. The first-order chi connectivity index (χ1) is 18.9. The lowest BCUT2D eigenvalue weighted by Crippen LogP contribution is -2.17. The van der Waals surface area contributed by atoms with Gasteiger partial charge in [0.25, 0.3) is 5.91 Å². The number of carbonyl (C=O) groups excluding carboxylic acids is 1. The number of pyridine rings is 1. The molecule has 0 saturated carbocycles. The highest BCUT2D eigenvalue weighted by molar-refractivity contribution is 6.12. The third kappa shape index (κ3) is 5.53. The van der Waals surface area contributed by atoms with Crippen molar-refractivity contribution in [2.24, 2.45) is 0 Å². The summed E-state index contributed by atoms with van der Waals surface area (Å²) in [6, 6.07) is 19.9. The maximum Gasteiger partial charge on any atom is 0.258 e.